The summed E-state index contributed by atoms with van der Waals surface area (Å²) in [6.07, 6.45) is 1.33. The Labute approximate surface area is 150 Å². The van der Waals surface area contributed by atoms with Crippen LogP contribution in [0.25, 0.3) is 0 Å². The third-order valence-corrected chi connectivity index (χ3v) is 6.94. The maximum Gasteiger partial charge on any atom is 0.191 e. The molecule has 2 heterocycles. The first-order valence-electron chi connectivity index (χ1n) is 8.03. The van der Waals surface area contributed by atoms with Crippen molar-refractivity contribution in [2.24, 2.45) is 13.0 Å². The molecule has 0 amide bonds. The minimum Gasteiger partial charge on any atom is -0.493 e. The Balaban J connectivity index is 1.47. The van der Waals surface area contributed by atoms with Gasteiger partial charge in [0.25, 0.3) is 0 Å². The van der Waals surface area contributed by atoms with Crippen LogP contribution in [0.15, 0.2) is 29.4 Å². The second-order valence-electron chi connectivity index (χ2n) is 6.08. The highest BCUT2D eigenvalue weighted by atomic mass is 32.2. The molecule has 25 heavy (non-hydrogen) atoms. The van der Waals surface area contributed by atoms with E-state index in [1.807, 2.05) is 11.6 Å². The first-order chi connectivity index (χ1) is 11.9. The molecule has 0 radical (unpaired) electrons. The highest BCUT2D eigenvalue weighted by Gasteiger charge is 2.29. The Morgan fingerprint density at radius 2 is 2.08 bits per heavy atom. The van der Waals surface area contributed by atoms with Gasteiger partial charge in [-0.05, 0) is 36.6 Å². The van der Waals surface area contributed by atoms with Crippen LogP contribution in [0.4, 0.5) is 4.39 Å². The van der Waals surface area contributed by atoms with Gasteiger partial charge in [0.05, 0.1) is 18.1 Å². The van der Waals surface area contributed by atoms with Gasteiger partial charge in [-0.15, -0.1) is 10.2 Å². The zero-order chi connectivity index (χ0) is 17.9. The fraction of sp³-hybridized carbons (Fsp3) is 0.500. The van der Waals surface area contributed by atoms with Gasteiger partial charge in [0.2, 0.25) is 0 Å². The molecule has 9 heteroatoms. The minimum absolute atomic E-state index is 0.132. The van der Waals surface area contributed by atoms with E-state index in [0.717, 1.165) is 11.0 Å². The summed E-state index contributed by atoms with van der Waals surface area (Å²) in [5.74, 6) is 2.48. The Hall–Kier alpha value is -1.61. The molecule has 1 fully saturated rings. The summed E-state index contributed by atoms with van der Waals surface area (Å²) in [6.45, 7) is 0.472. The van der Waals surface area contributed by atoms with Crippen LogP contribution >= 0.6 is 11.8 Å². The molecule has 1 aromatic heterocycles. The first kappa shape index (κ1) is 18.2. The molecule has 0 saturated carbocycles. The van der Waals surface area contributed by atoms with Crippen LogP contribution < -0.4 is 4.74 Å². The Morgan fingerprint density at radius 1 is 1.32 bits per heavy atom. The van der Waals surface area contributed by atoms with Crippen molar-refractivity contribution >= 4 is 21.6 Å². The normalized spacial score (nSPS) is 19.2. The van der Waals surface area contributed by atoms with E-state index in [-0.39, 0.29) is 23.2 Å². The molecule has 1 saturated heterocycles. The van der Waals surface area contributed by atoms with E-state index in [1.54, 1.807) is 12.1 Å². The SMILES string of the molecule is Cn1c(C[C@H]2CCS(=O)(=O)C2)nnc1SCCOc1ccc(F)cc1. The Kier molecular flexibility index (Phi) is 5.63. The molecule has 0 unspecified atom stereocenters. The fourth-order valence-corrected chi connectivity index (χ4v) is 5.37. The van der Waals surface area contributed by atoms with Crippen LogP contribution in [-0.4, -0.2) is 47.0 Å². The van der Waals surface area contributed by atoms with E-state index >= 15 is 0 Å². The summed E-state index contributed by atoms with van der Waals surface area (Å²) in [7, 11) is -0.980. The molecule has 1 aromatic carbocycles. The lowest BCUT2D eigenvalue weighted by Crippen LogP contribution is -2.11. The second kappa shape index (κ2) is 7.74. The second-order valence-corrected chi connectivity index (χ2v) is 9.37. The molecular formula is C16H20FN3O3S2. The molecule has 136 valence electrons. The summed E-state index contributed by atoms with van der Waals surface area (Å²) in [5, 5.41) is 9.14. The number of hydrogen-bond donors (Lipinski definition) is 0. The molecule has 3 rings (SSSR count). The van der Waals surface area contributed by atoms with Crippen molar-refractivity contribution in [3.05, 3.63) is 35.9 Å². The zero-order valence-corrected chi connectivity index (χ0v) is 15.5. The van der Waals surface area contributed by atoms with E-state index in [2.05, 4.69) is 10.2 Å². The molecule has 0 spiro atoms. The van der Waals surface area contributed by atoms with Crippen molar-refractivity contribution < 1.29 is 17.5 Å². The lowest BCUT2D eigenvalue weighted by molar-refractivity contribution is 0.343. The molecule has 1 aliphatic rings. The van der Waals surface area contributed by atoms with E-state index in [9.17, 15) is 12.8 Å². The topological polar surface area (TPSA) is 74.1 Å². The van der Waals surface area contributed by atoms with E-state index in [4.69, 9.17) is 4.74 Å². The Morgan fingerprint density at radius 3 is 2.76 bits per heavy atom. The largest absolute Gasteiger partial charge is 0.493 e. The van der Waals surface area contributed by atoms with Crippen molar-refractivity contribution in [1.82, 2.24) is 14.8 Å². The number of hydrogen-bond acceptors (Lipinski definition) is 6. The van der Waals surface area contributed by atoms with Crippen LogP contribution in [0.1, 0.15) is 12.2 Å². The molecule has 1 aliphatic heterocycles. The van der Waals surface area contributed by atoms with Gasteiger partial charge < -0.3 is 9.30 Å². The van der Waals surface area contributed by atoms with Gasteiger partial charge in [-0.3, -0.25) is 0 Å². The molecule has 0 aliphatic carbocycles. The number of thioether (sulfide) groups is 1. The highest BCUT2D eigenvalue weighted by Crippen LogP contribution is 2.23. The number of halogens is 1. The number of aromatic nitrogens is 3. The molecular weight excluding hydrogens is 365 g/mol. The summed E-state index contributed by atoms with van der Waals surface area (Å²) < 4.78 is 43.4. The van der Waals surface area contributed by atoms with Crippen molar-refractivity contribution in [3.63, 3.8) is 0 Å². The number of ether oxygens (including phenoxy) is 1. The molecule has 0 bridgehead atoms. The summed E-state index contributed by atoms with van der Waals surface area (Å²) in [6, 6.07) is 5.91. The predicted molar refractivity (Wildman–Crippen MR) is 94.1 cm³/mol. The molecule has 1 atom stereocenters. The predicted octanol–water partition coefficient (Wildman–Crippen LogP) is 2.10. The van der Waals surface area contributed by atoms with E-state index < -0.39 is 9.84 Å². The average molecular weight is 385 g/mol. The van der Waals surface area contributed by atoms with Gasteiger partial charge in [0.1, 0.15) is 17.4 Å². The lowest BCUT2D eigenvalue weighted by Gasteiger charge is -2.08. The van der Waals surface area contributed by atoms with Gasteiger partial charge in [0, 0.05) is 19.2 Å². The third kappa shape index (κ3) is 4.94. The summed E-state index contributed by atoms with van der Waals surface area (Å²) in [5.41, 5.74) is 0. The monoisotopic (exact) mass is 385 g/mol. The highest BCUT2D eigenvalue weighted by molar-refractivity contribution is 7.99. The van der Waals surface area contributed by atoms with Crippen molar-refractivity contribution in [2.45, 2.75) is 18.0 Å². The number of sulfone groups is 1. The van der Waals surface area contributed by atoms with Gasteiger partial charge in [0.15, 0.2) is 15.0 Å². The van der Waals surface area contributed by atoms with Crippen molar-refractivity contribution in [3.8, 4) is 5.75 Å². The van der Waals surface area contributed by atoms with Gasteiger partial charge in [-0.1, -0.05) is 11.8 Å². The molecule has 0 N–H and O–H groups in total. The molecule has 2 aromatic rings. The van der Waals surface area contributed by atoms with Gasteiger partial charge in [-0.25, -0.2) is 12.8 Å². The number of rotatable bonds is 7. The lowest BCUT2D eigenvalue weighted by atomic mass is 10.1. The smallest absolute Gasteiger partial charge is 0.191 e. The molecule has 6 nitrogen and oxygen atoms in total. The minimum atomic E-state index is -2.87. The first-order valence-corrected chi connectivity index (χ1v) is 10.8. The average Bonchev–Trinajstić information content (AvgIpc) is 3.09. The number of nitrogens with zero attached hydrogens (tertiary/aromatic N) is 3. The summed E-state index contributed by atoms with van der Waals surface area (Å²) >= 11 is 1.52. The third-order valence-electron chi connectivity index (χ3n) is 4.12. The number of benzene rings is 1. The van der Waals surface area contributed by atoms with E-state index in [1.165, 1.54) is 23.9 Å². The maximum absolute atomic E-state index is 12.8. The maximum atomic E-state index is 12.8. The van der Waals surface area contributed by atoms with Gasteiger partial charge in [-0.2, -0.15) is 0 Å². The van der Waals surface area contributed by atoms with Crippen LogP contribution in [0.3, 0.4) is 0 Å². The summed E-state index contributed by atoms with van der Waals surface area (Å²) in [4.78, 5) is 0. The quantitative estimate of drug-likeness (QED) is 0.537. The zero-order valence-electron chi connectivity index (χ0n) is 13.9. The van der Waals surface area contributed by atoms with Crippen molar-refractivity contribution in [2.75, 3.05) is 23.9 Å². The van der Waals surface area contributed by atoms with Crippen molar-refractivity contribution in [1.29, 1.82) is 0 Å². The Bertz CT molecular complexity index is 822. The van der Waals surface area contributed by atoms with Crippen LogP contribution in [0.2, 0.25) is 0 Å². The van der Waals surface area contributed by atoms with E-state index in [0.29, 0.717) is 31.0 Å². The van der Waals surface area contributed by atoms with Crippen LogP contribution in [0.5, 0.6) is 5.75 Å². The van der Waals surface area contributed by atoms with Gasteiger partial charge >= 0.3 is 0 Å². The van der Waals surface area contributed by atoms with Crippen LogP contribution in [-0.2, 0) is 23.3 Å². The van der Waals surface area contributed by atoms with Crippen LogP contribution in [0, 0.1) is 11.7 Å². The fourth-order valence-electron chi connectivity index (χ4n) is 2.76. The standard InChI is InChI=1S/C16H20FN3O3S2/c1-20-15(10-12-6-9-25(21,22)11-12)18-19-16(20)24-8-7-23-14-4-2-13(17)3-5-14/h2-5,12H,6-11H2,1H3/t12-/m1/s1.